The Balaban J connectivity index is 2.30. The number of aryl methyl sites for hydroxylation is 1. The highest BCUT2D eigenvalue weighted by Crippen LogP contribution is 2.35. The molecule has 0 radical (unpaired) electrons. The zero-order chi connectivity index (χ0) is 15.5. The second-order valence-corrected chi connectivity index (χ2v) is 5.59. The van der Waals surface area contributed by atoms with Gasteiger partial charge in [0.25, 0.3) is 0 Å². The standard InChI is InChI=1S/C16H21NO4/c1-11-3-5-13(6-4-11)16(7-9-21-10-8-16)15(20)17-12(2)14(18)19/h3-6,12H,7-10H2,1-2H3,(H,17,20)(H,18,19)/t12-/m1/s1. The van der Waals surface area contributed by atoms with E-state index in [-0.39, 0.29) is 5.91 Å². The summed E-state index contributed by atoms with van der Waals surface area (Å²) in [4.78, 5) is 23.7. The summed E-state index contributed by atoms with van der Waals surface area (Å²) in [7, 11) is 0. The van der Waals surface area contributed by atoms with E-state index in [1.165, 1.54) is 6.92 Å². The molecule has 1 aliphatic heterocycles. The van der Waals surface area contributed by atoms with E-state index in [0.717, 1.165) is 11.1 Å². The lowest BCUT2D eigenvalue weighted by Gasteiger charge is -2.36. The number of aliphatic carboxylic acids is 1. The van der Waals surface area contributed by atoms with Gasteiger partial charge in [0.2, 0.25) is 5.91 Å². The predicted molar refractivity (Wildman–Crippen MR) is 78.2 cm³/mol. The fraction of sp³-hybridized carbons (Fsp3) is 0.500. The molecule has 2 rings (SSSR count). The zero-order valence-electron chi connectivity index (χ0n) is 12.4. The highest BCUT2D eigenvalue weighted by molar-refractivity contribution is 5.91. The summed E-state index contributed by atoms with van der Waals surface area (Å²) < 4.78 is 5.38. The predicted octanol–water partition coefficient (Wildman–Crippen LogP) is 1.63. The van der Waals surface area contributed by atoms with Crippen LogP contribution in [0.3, 0.4) is 0 Å². The van der Waals surface area contributed by atoms with Crippen LogP contribution in [0.25, 0.3) is 0 Å². The van der Waals surface area contributed by atoms with Crippen molar-refractivity contribution in [3.8, 4) is 0 Å². The highest BCUT2D eigenvalue weighted by atomic mass is 16.5. The number of benzene rings is 1. The average molecular weight is 291 g/mol. The first kappa shape index (κ1) is 15.5. The Bertz CT molecular complexity index is 518. The molecule has 1 saturated heterocycles. The molecule has 21 heavy (non-hydrogen) atoms. The molecule has 1 heterocycles. The molecule has 5 nitrogen and oxygen atoms in total. The minimum atomic E-state index is -1.03. The first-order valence-corrected chi connectivity index (χ1v) is 7.14. The van der Waals surface area contributed by atoms with Gasteiger partial charge in [-0.15, -0.1) is 0 Å². The van der Waals surface area contributed by atoms with Gasteiger partial charge in [0.15, 0.2) is 0 Å². The summed E-state index contributed by atoms with van der Waals surface area (Å²) in [5, 5.41) is 11.6. The molecule has 1 aliphatic rings. The van der Waals surface area contributed by atoms with E-state index in [0.29, 0.717) is 26.1 Å². The Morgan fingerprint density at radius 2 is 1.81 bits per heavy atom. The van der Waals surface area contributed by atoms with Crippen LogP contribution in [0, 0.1) is 6.92 Å². The van der Waals surface area contributed by atoms with E-state index >= 15 is 0 Å². The molecule has 0 bridgehead atoms. The van der Waals surface area contributed by atoms with Crippen LogP contribution in [0.2, 0.25) is 0 Å². The molecule has 1 aromatic rings. The van der Waals surface area contributed by atoms with Crippen LogP contribution in [-0.4, -0.2) is 36.2 Å². The summed E-state index contributed by atoms with van der Waals surface area (Å²) in [5.41, 5.74) is 1.35. The molecule has 1 amide bonds. The molecule has 2 N–H and O–H groups in total. The van der Waals surface area contributed by atoms with Gasteiger partial charge >= 0.3 is 5.97 Å². The van der Waals surface area contributed by atoms with Crippen molar-refractivity contribution in [2.45, 2.75) is 38.1 Å². The van der Waals surface area contributed by atoms with Crippen molar-refractivity contribution >= 4 is 11.9 Å². The maximum absolute atomic E-state index is 12.7. The quantitative estimate of drug-likeness (QED) is 0.884. The van der Waals surface area contributed by atoms with Gasteiger partial charge in [0.1, 0.15) is 6.04 Å². The van der Waals surface area contributed by atoms with E-state index in [4.69, 9.17) is 9.84 Å². The van der Waals surface area contributed by atoms with Gasteiger partial charge in [-0.05, 0) is 32.3 Å². The fourth-order valence-electron chi connectivity index (χ4n) is 2.64. The number of carbonyl (C=O) groups excluding carboxylic acids is 1. The number of ether oxygens (including phenoxy) is 1. The SMILES string of the molecule is Cc1ccc(C2(C(=O)N[C@H](C)C(=O)O)CCOCC2)cc1. The number of nitrogens with one attached hydrogen (secondary N) is 1. The number of carbonyl (C=O) groups is 2. The summed E-state index contributed by atoms with van der Waals surface area (Å²) >= 11 is 0. The summed E-state index contributed by atoms with van der Waals surface area (Å²) in [6.07, 6.45) is 1.13. The van der Waals surface area contributed by atoms with Crippen molar-refractivity contribution < 1.29 is 19.4 Å². The van der Waals surface area contributed by atoms with E-state index in [9.17, 15) is 9.59 Å². The molecule has 0 aromatic heterocycles. The molecular formula is C16H21NO4. The average Bonchev–Trinajstić information content (AvgIpc) is 2.48. The van der Waals surface area contributed by atoms with Crippen molar-refractivity contribution in [1.29, 1.82) is 0 Å². The second-order valence-electron chi connectivity index (χ2n) is 5.59. The smallest absolute Gasteiger partial charge is 0.325 e. The van der Waals surface area contributed by atoms with Gasteiger partial charge in [-0.25, -0.2) is 0 Å². The van der Waals surface area contributed by atoms with Crippen molar-refractivity contribution in [3.63, 3.8) is 0 Å². The maximum Gasteiger partial charge on any atom is 0.325 e. The fourth-order valence-corrected chi connectivity index (χ4v) is 2.64. The first-order chi connectivity index (χ1) is 9.95. The molecule has 0 spiro atoms. The van der Waals surface area contributed by atoms with Crippen molar-refractivity contribution in [2.24, 2.45) is 0 Å². The van der Waals surface area contributed by atoms with E-state index < -0.39 is 17.4 Å². The number of hydrogen-bond donors (Lipinski definition) is 2. The summed E-state index contributed by atoms with van der Waals surface area (Å²) in [6, 6.07) is 6.95. The van der Waals surface area contributed by atoms with Crippen LogP contribution >= 0.6 is 0 Å². The molecule has 114 valence electrons. The Kier molecular flexibility index (Phi) is 4.63. The maximum atomic E-state index is 12.7. The van der Waals surface area contributed by atoms with Crippen molar-refractivity contribution in [1.82, 2.24) is 5.32 Å². The topological polar surface area (TPSA) is 75.6 Å². The van der Waals surface area contributed by atoms with Crippen LogP contribution in [0.15, 0.2) is 24.3 Å². The minimum absolute atomic E-state index is 0.232. The third-order valence-electron chi connectivity index (χ3n) is 4.10. The lowest BCUT2D eigenvalue weighted by Crippen LogP contribution is -2.52. The second kappa shape index (κ2) is 6.26. The van der Waals surface area contributed by atoms with Gasteiger partial charge in [0, 0.05) is 13.2 Å². The Hall–Kier alpha value is -1.88. The number of hydrogen-bond acceptors (Lipinski definition) is 3. The van der Waals surface area contributed by atoms with Crippen molar-refractivity contribution in [3.05, 3.63) is 35.4 Å². The molecule has 5 heteroatoms. The number of carboxylic acid groups (broad SMARTS) is 1. The molecule has 1 aromatic carbocycles. The molecule has 1 atom stereocenters. The highest BCUT2D eigenvalue weighted by Gasteiger charge is 2.42. The van der Waals surface area contributed by atoms with Crippen LogP contribution in [-0.2, 0) is 19.7 Å². The van der Waals surface area contributed by atoms with Gasteiger partial charge in [-0.1, -0.05) is 29.8 Å². The Morgan fingerprint density at radius 3 is 2.33 bits per heavy atom. The van der Waals surface area contributed by atoms with Gasteiger partial charge in [-0.3, -0.25) is 9.59 Å². The number of rotatable bonds is 4. The number of amides is 1. The summed E-state index contributed by atoms with van der Waals surface area (Å²) in [5.74, 6) is -1.26. The lowest BCUT2D eigenvalue weighted by molar-refractivity contribution is -0.143. The summed E-state index contributed by atoms with van der Waals surface area (Å²) in [6.45, 7) is 4.47. The third kappa shape index (κ3) is 3.24. The normalized spacial score (nSPS) is 18.8. The Labute approximate surface area is 124 Å². The van der Waals surface area contributed by atoms with E-state index in [1.807, 2.05) is 31.2 Å². The monoisotopic (exact) mass is 291 g/mol. The van der Waals surface area contributed by atoms with Gasteiger partial charge in [0.05, 0.1) is 5.41 Å². The van der Waals surface area contributed by atoms with Gasteiger partial charge in [-0.2, -0.15) is 0 Å². The molecule has 1 fully saturated rings. The third-order valence-corrected chi connectivity index (χ3v) is 4.10. The minimum Gasteiger partial charge on any atom is -0.480 e. The van der Waals surface area contributed by atoms with Crippen molar-refractivity contribution in [2.75, 3.05) is 13.2 Å². The van der Waals surface area contributed by atoms with E-state index in [2.05, 4.69) is 5.32 Å². The molecule has 0 unspecified atom stereocenters. The van der Waals surface area contributed by atoms with Crippen LogP contribution < -0.4 is 5.32 Å². The van der Waals surface area contributed by atoms with Crippen LogP contribution in [0.1, 0.15) is 30.9 Å². The Morgan fingerprint density at radius 1 is 1.24 bits per heavy atom. The largest absolute Gasteiger partial charge is 0.480 e. The zero-order valence-corrected chi connectivity index (χ0v) is 12.4. The first-order valence-electron chi connectivity index (χ1n) is 7.14. The van der Waals surface area contributed by atoms with Crippen LogP contribution in [0.4, 0.5) is 0 Å². The van der Waals surface area contributed by atoms with Gasteiger partial charge < -0.3 is 15.2 Å². The number of carboxylic acids is 1. The molecule has 0 saturated carbocycles. The van der Waals surface area contributed by atoms with E-state index in [1.54, 1.807) is 0 Å². The molecular weight excluding hydrogens is 270 g/mol. The van der Waals surface area contributed by atoms with Crippen LogP contribution in [0.5, 0.6) is 0 Å². The lowest BCUT2D eigenvalue weighted by atomic mass is 9.73. The molecule has 0 aliphatic carbocycles.